The number of esters is 1. The highest BCUT2D eigenvalue weighted by molar-refractivity contribution is 7.89. The predicted octanol–water partition coefficient (Wildman–Crippen LogP) is 2.08. The van der Waals surface area contributed by atoms with Gasteiger partial charge in [0.05, 0.1) is 17.1 Å². The third kappa shape index (κ3) is 4.05. The van der Waals surface area contributed by atoms with Crippen molar-refractivity contribution in [2.24, 2.45) is 0 Å². The van der Waals surface area contributed by atoms with Gasteiger partial charge in [-0.25, -0.2) is 17.9 Å². The molecule has 0 atom stereocenters. The number of rotatable bonds is 7. The number of hydrogen-bond donors (Lipinski definition) is 1. The summed E-state index contributed by atoms with van der Waals surface area (Å²) in [6.45, 7) is 2.40. The van der Waals surface area contributed by atoms with Gasteiger partial charge in [-0.2, -0.15) is 0 Å². The standard InChI is InChI=1S/C14H19NO4S/c1-2-3-10-19-14(16)11-4-8-13(9-5-11)20(17,18)15-12-6-7-12/h4-5,8-9,12,15H,2-3,6-7,10H2,1H3. The number of hydrogen-bond acceptors (Lipinski definition) is 4. The second-order valence-electron chi connectivity index (χ2n) is 4.91. The van der Waals surface area contributed by atoms with Crippen LogP contribution in [0.1, 0.15) is 43.0 Å². The molecular weight excluding hydrogens is 278 g/mol. The number of carbonyl (C=O) groups is 1. The lowest BCUT2D eigenvalue weighted by molar-refractivity contribution is 0.0499. The van der Waals surface area contributed by atoms with Crippen molar-refractivity contribution in [1.29, 1.82) is 0 Å². The Kier molecular flexibility index (Phi) is 4.77. The molecule has 1 N–H and O–H groups in total. The van der Waals surface area contributed by atoms with Crippen molar-refractivity contribution in [1.82, 2.24) is 4.72 Å². The first-order valence-electron chi connectivity index (χ1n) is 6.82. The summed E-state index contributed by atoms with van der Waals surface area (Å²) in [6.07, 6.45) is 3.56. The maximum absolute atomic E-state index is 11.9. The quantitative estimate of drug-likeness (QED) is 0.618. The maximum Gasteiger partial charge on any atom is 0.338 e. The first-order chi connectivity index (χ1) is 9.53. The van der Waals surface area contributed by atoms with Crippen LogP contribution in [0, 0.1) is 0 Å². The fraction of sp³-hybridized carbons (Fsp3) is 0.500. The average molecular weight is 297 g/mol. The van der Waals surface area contributed by atoms with E-state index in [2.05, 4.69) is 4.72 Å². The number of ether oxygens (including phenoxy) is 1. The highest BCUT2D eigenvalue weighted by Crippen LogP contribution is 2.22. The molecule has 2 rings (SSSR count). The highest BCUT2D eigenvalue weighted by atomic mass is 32.2. The second-order valence-corrected chi connectivity index (χ2v) is 6.62. The molecule has 1 fully saturated rings. The molecule has 6 heteroatoms. The Morgan fingerprint density at radius 3 is 2.50 bits per heavy atom. The van der Waals surface area contributed by atoms with Crippen LogP contribution in [0.2, 0.25) is 0 Å². The van der Waals surface area contributed by atoms with Gasteiger partial charge in [-0.15, -0.1) is 0 Å². The summed E-state index contributed by atoms with van der Waals surface area (Å²) in [5, 5.41) is 0. The zero-order valence-corrected chi connectivity index (χ0v) is 12.3. The van der Waals surface area contributed by atoms with E-state index in [0.29, 0.717) is 12.2 Å². The van der Waals surface area contributed by atoms with E-state index < -0.39 is 16.0 Å². The Balaban J connectivity index is 2.00. The zero-order valence-electron chi connectivity index (χ0n) is 11.5. The summed E-state index contributed by atoms with van der Waals surface area (Å²) in [5.41, 5.74) is 0.367. The van der Waals surface area contributed by atoms with Gasteiger partial charge in [0.1, 0.15) is 0 Å². The van der Waals surface area contributed by atoms with Gasteiger partial charge in [-0.05, 0) is 43.5 Å². The van der Waals surface area contributed by atoms with E-state index >= 15 is 0 Å². The molecule has 0 bridgehead atoms. The van der Waals surface area contributed by atoms with Gasteiger partial charge in [0.2, 0.25) is 10.0 Å². The molecule has 0 spiro atoms. The van der Waals surface area contributed by atoms with Crippen molar-refractivity contribution in [2.75, 3.05) is 6.61 Å². The van der Waals surface area contributed by atoms with Crippen LogP contribution in [-0.2, 0) is 14.8 Å². The van der Waals surface area contributed by atoms with Crippen molar-refractivity contribution in [3.05, 3.63) is 29.8 Å². The van der Waals surface area contributed by atoms with Gasteiger partial charge < -0.3 is 4.74 Å². The molecule has 110 valence electrons. The molecular formula is C14H19NO4S. The van der Waals surface area contributed by atoms with Crippen molar-refractivity contribution in [2.45, 2.75) is 43.5 Å². The average Bonchev–Trinajstić information content (AvgIpc) is 3.22. The maximum atomic E-state index is 11.9. The van der Waals surface area contributed by atoms with Crippen LogP contribution in [0.3, 0.4) is 0 Å². The number of unbranched alkanes of at least 4 members (excludes halogenated alkanes) is 1. The van der Waals surface area contributed by atoms with E-state index in [9.17, 15) is 13.2 Å². The summed E-state index contributed by atoms with van der Waals surface area (Å²) in [5.74, 6) is -0.419. The van der Waals surface area contributed by atoms with E-state index in [1.807, 2.05) is 6.92 Å². The summed E-state index contributed by atoms with van der Waals surface area (Å²) >= 11 is 0. The van der Waals surface area contributed by atoms with Crippen LogP contribution in [0.5, 0.6) is 0 Å². The van der Waals surface area contributed by atoms with Crippen molar-refractivity contribution in [3.63, 3.8) is 0 Å². The molecule has 0 heterocycles. The minimum absolute atomic E-state index is 0.0682. The number of benzene rings is 1. The molecule has 1 saturated carbocycles. The minimum atomic E-state index is -3.46. The van der Waals surface area contributed by atoms with E-state index in [4.69, 9.17) is 4.74 Å². The Labute approximate surface area is 119 Å². The largest absolute Gasteiger partial charge is 0.462 e. The van der Waals surface area contributed by atoms with Crippen molar-refractivity contribution in [3.8, 4) is 0 Å². The highest BCUT2D eigenvalue weighted by Gasteiger charge is 2.27. The van der Waals surface area contributed by atoms with E-state index in [1.54, 1.807) is 0 Å². The van der Waals surface area contributed by atoms with E-state index in [1.165, 1.54) is 24.3 Å². The lowest BCUT2D eigenvalue weighted by Crippen LogP contribution is -2.25. The number of sulfonamides is 1. The zero-order chi connectivity index (χ0) is 14.6. The number of carbonyl (C=O) groups excluding carboxylic acids is 1. The third-order valence-electron chi connectivity index (χ3n) is 3.03. The van der Waals surface area contributed by atoms with Crippen LogP contribution >= 0.6 is 0 Å². The van der Waals surface area contributed by atoms with E-state index in [0.717, 1.165) is 25.7 Å². The molecule has 0 saturated heterocycles. The van der Waals surface area contributed by atoms with Crippen LogP contribution in [-0.4, -0.2) is 27.0 Å². The van der Waals surface area contributed by atoms with Crippen LogP contribution < -0.4 is 4.72 Å². The topological polar surface area (TPSA) is 72.5 Å². The van der Waals surface area contributed by atoms with Gasteiger partial charge in [0.25, 0.3) is 0 Å². The molecule has 0 amide bonds. The molecule has 0 aliphatic heterocycles. The fourth-order valence-corrected chi connectivity index (χ4v) is 2.96. The molecule has 1 aromatic rings. The van der Waals surface area contributed by atoms with Crippen LogP contribution in [0.4, 0.5) is 0 Å². The first-order valence-corrected chi connectivity index (χ1v) is 8.31. The molecule has 0 aromatic heterocycles. The molecule has 1 aliphatic carbocycles. The van der Waals surface area contributed by atoms with Crippen molar-refractivity contribution < 1.29 is 17.9 Å². The Hall–Kier alpha value is -1.40. The van der Waals surface area contributed by atoms with Gasteiger partial charge >= 0.3 is 5.97 Å². The Morgan fingerprint density at radius 2 is 1.95 bits per heavy atom. The predicted molar refractivity (Wildman–Crippen MR) is 75.0 cm³/mol. The van der Waals surface area contributed by atoms with Gasteiger partial charge in [-0.1, -0.05) is 13.3 Å². The Morgan fingerprint density at radius 1 is 1.30 bits per heavy atom. The van der Waals surface area contributed by atoms with E-state index in [-0.39, 0.29) is 10.9 Å². The van der Waals surface area contributed by atoms with Crippen molar-refractivity contribution >= 4 is 16.0 Å². The summed E-state index contributed by atoms with van der Waals surface area (Å²) in [4.78, 5) is 11.9. The second kappa shape index (κ2) is 6.37. The fourth-order valence-electron chi connectivity index (χ4n) is 1.65. The van der Waals surface area contributed by atoms with Crippen LogP contribution in [0.15, 0.2) is 29.2 Å². The molecule has 1 aromatic carbocycles. The molecule has 20 heavy (non-hydrogen) atoms. The van der Waals surface area contributed by atoms with Gasteiger partial charge in [0, 0.05) is 6.04 Å². The van der Waals surface area contributed by atoms with Gasteiger partial charge in [-0.3, -0.25) is 0 Å². The lowest BCUT2D eigenvalue weighted by atomic mass is 10.2. The number of nitrogens with one attached hydrogen (secondary N) is 1. The molecule has 1 aliphatic rings. The summed E-state index contributed by atoms with van der Waals surface area (Å²) in [7, 11) is -3.46. The third-order valence-corrected chi connectivity index (χ3v) is 4.57. The minimum Gasteiger partial charge on any atom is -0.462 e. The molecule has 5 nitrogen and oxygen atoms in total. The normalized spacial score (nSPS) is 15.1. The smallest absolute Gasteiger partial charge is 0.338 e. The summed E-state index contributed by atoms with van der Waals surface area (Å²) < 4.78 is 31.6. The molecule has 0 radical (unpaired) electrons. The SMILES string of the molecule is CCCCOC(=O)c1ccc(S(=O)(=O)NC2CC2)cc1. The van der Waals surface area contributed by atoms with Crippen LogP contribution in [0.25, 0.3) is 0 Å². The first kappa shape index (κ1) is 15.0. The molecule has 0 unspecified atom stereocenters. The monoisotopic (exact) mass is 297 g/mol. The lowest BCUT2D eigenvalue weighted by Gasteiger charge is -2.07. The van der Waals surface area contributed by atoms with Gasteiger partial charge in [0.15, 0.2) is 0 Å². The Bertz CT molecular complexity index is 561. The summed E-state index contributed by atoms with van der Waals surface area (Å²) in [6, 6.07) is 5.90.